The van der Waals surface area contributed by atoms with E-state index in [9.17, 15) is 39.0 Å². The van der Waals surface area contributed by atoms with E-state index >= 15 is 0 Å². The summed E-state index contributed by atoms with van der Waals surface area (Å²) >= 11 is 0. The highest BCUT2D eigenvalue weighted by Gasteiger charge is 2.40. The number of cyclic esters (lactones) is 6. The SMILES string of the molecule is CC(/C=C/C1=C(O)OC(CC2OC(=O)C(/C=C/C(C)=C/C=C3C(=O)OC(C)(C)OC3=O)=C(O)O2)OC1=O)=C\C=C1C(=O)OC(C)(C)OC1=O. The Morgan fingerprint density at radius 1 is 0.571 bits per heavy atom. The smallest absolute Gasteiger partial charge is 0.348 e. The minimum absolute atomic E-state index is 0.338. The highest BCUT2D eigenvalue weighted by molar-refractivity contribution is 6.16. The van der Waals surface area contributed by atoms with E-state index < -0.39 is 78.3 Å². The van der Waals surface area contributed by atoms with E-state index in [0.717, 1.165) is 0 Å². The lowest BCUT2D eigenvalue weighted by atomic mass is 10.1. The molecule has 2 unspecified atom stereocenters. The molecule has 49 heavy (non-hydrogen) atoms. The molecule has 2 saturated heterocycles. The third-order valence-electron chi connectivity index (χ3n) is 6.53. The lowest BCUT2D eigenvalue weighted by Gasteiger charge is -2.29. The Labute approximate surface area is 278 Å². The van der Waals surface area contributed by atoms with E-state index in [1.54, 1.807) is 13.8 Å². The van der Waals surface area contributed by atoms with Crippen LogP contribution in [0.25, 0.3) is 0 Å². The maximum Gasteiger partial charge on any atom is 0.348 e. The molecule has 0 aliphatic carbocycles. The summed E-state index contributed by atoms with van der Waals surface area (Å²) < 4.78 is 40.7. The molecule has 0 aromatic rings. The molecule has 16 heteroatoms. The molecule has 2 N–H and O–H groups in total. The van der Waals surface area contributed by atoms with Gasteiger partial charge in [-0.05, 0) is 38.2 Å². The van der Waals surface area contributed by atoms with Crippen molar-refractivity contribution in [2.24, 2.45) is 0 Å². The maximum absolute atomic E-state index is 12.6. The fourth-order valence-corrected chi connectivity index (χ4v) is 4.16. The number of allylic oxidation sites excluding steroid dienone is 8. The van der Waals surface area contributed by atoms with E-state index in [-0.39, 0.29) is 22.3 Å². The van der Waals surface area contributed by atoms with Crippen molar-refractivity contribution in [3.8, 4) is 0 Å². The fraction of sp³-hybridized carbons (Fsp3) is 0.333. The van der Waals surface area contributed by atoms with Crippen molar-refractivity contribution in [2.75, 3.05) is 0 Å². The highest BCUT2D eigenvalue weighted by atomic mass is 16.8. The number of aliphatic hydroxyl groups is 2. The molecule has 2 atom stereocenters. The Morgan fingerprint density at radius 2 is 0.898 bits per heavy atom. The van der Waals surface area contributed by atoms with Crippen LogP contribution >= 0.6 is 0 Å². The Bertz CT molecular complexity index is 1570. The van der Waals surface area contributed by atoms with Crippen LogP contribution in [0.3, 0.4) is 0 Å². The molecule has 4 heterocycles. The van der Waals surface area contributed by atoms with E-state index in [1.807, 2.05) is 0 Å². The molecular weight excluding hydrogens is 652 g/mol. The molecule has 0 aromatic heterocycles. The lowest BCUT2D eigenvalue weighted by molar-refractivity contribution is -0.224. The van der Waals surface area contributed by atoms with Gasteiger partial charge in [0.2, 0.25) is 0 Å². The van der Waals surface area contributed by atoms with Gasteiger partial charge in [0.1, 0.15) is 22.3 Å². The summed E-state index contributed by atoms with van der Waals surface area (Å²) in [6, 6.07) is 0. The van der Waals surface area contributed by atoms with Crippen LogP contribution in [0.15, 0.2) is 93.9 Å². The molecule has 4 aliphatic heterocycles. The van der Waals surface area contributed by atoms with Gasteiger partial charge in [-0.3, -0.25) is 0 Å². The van der Waals surface area contributed by atoms with Crippen LogP contribution in [0, 0.1) is 0 Å². The molecule has 4 rings (SSSR count). The molecule has 0 amide bonds. The van der Waals surface area contributed by atoms with Crippen molar-refractivity contribution in [1.29, 1.82) is 0 Å². The summed E-state index contributed by atoms with van der Waals surface area (Å²) in [6.45, 7) is 8.80. The zero-order chi connectivity index (χ0) is 36.3. The quantitative estimate of drug-likeness (QED) is 0.123. The van der Waals surface area contributed by atoms with Gasteiger partial charge in [-0.15, -0.1) is 0 Å². The molecule has 16 nitrogen and oxygen atoms in total. The van der Waals surface area contributed by atoms with Gasteiger partial charge in [-0.1, -0.05) is 35.5 Å². The van der Waals surface area contributed by atoms with Crippen molar-refractivity contribution in [2.45, 2.75) is 72.1 Å². The molecule has 0 saturated carbocycles. The third kappa shape index (κ3) is 9.06. The highest BCUT2D eigenvalue weighted by Crippen LogP contribution is 2.28. The van der Waals surface area contributed by atoms with Crippen molar-refractivity contribution in [3.05, 3.63) is 93.9 Å². The van der Waals surface area contributed by atoms with E-state index in [4.69, 9.17) is 37.9 Å². The summed E-state index contributed by atoms with van der Waals surface area (Å²) in [4.78, 5) is 73.4. The predicted octanol–water partition coefficient (Wildman–Crippen LogP) is 3.24. The zero-order valence-corrected chi connectivity index (χ0v) is 27.1. The topological polar surface area (TPSA) is 217 Å². The minimum atomic E-state index is -1.47. The van der Waals surface area contributed by atoms with Gasteiger partial charge in [-0.25, -0.2) is 28.8 Å². The number of aliphatic hydroxyl groups excluding tert-OH is 2. The minimum Gasteiger partial charge on any atom is -0.480 e. The number of hydrogen-bond donors (Lipinski definition) is 2. The largest absolute Gasteiger partial charge is 0.480 e. The predicted molar refractivity (Wildman–Crippen MR) is 160 cm³/mol. The molecule has 4 aliphatic rings. The number of hydrogen-bond acceptors (Lipinski definition) is 16. The number of ether oxygens (including phenoxy) is 8. The summed E-state index contributed by atoms with van der Waals surface area (Å²) in [5, 5.41) is 20.7. The first kappa shape index (κ1) is 35.8. The van der Waals surface area contributed by atoms with Gasteiger partial charge in [-0.2, -0.15) is 0 Å². The van der Waals surface area contributed by atoms with Crippen molar-refractivity contribution in [3.63, 3.8) is 0 Å². The first-order valence-corrected chi connectivity index (χ1v) is 14.5. The molecule has 0 spiro atoms. The van der Waals surface area contributed by atoms with Gasteiger partial charge in [0.05, 0.1) is 6.42 Å². The van der Waals surface area contributed by atoms with Crippen LogP contribution in [-0.2, 0) is 66.7 Å². The first-order valence-electron chi connectivity index (χ1n) is 14.5. The van der Waals surface area contributed by atoms with Gasteiger partial charge in [0.25, 0.3) is 36.0 Å². The zero-order valence-electron chi connectivity index (χ0n) is 27.1. The molecule has 260 valence electrons. The van der Waals surface area contributed by atoms with Crippen molar-refractivity contribution < 1.29 is 76.9 Å². The summed E-state index contributed by atoms with van der Waals surface area (Å²) in [5.41, 5.74) is -0.536. The van der Waals surface area contributed by atoms with E-state index in [0.29, 0.717) is 11.1 Å². The van der Waals surface area contributed by atoms with Gasteiger partial charge in [0.15, 0.2) is 0 Å². The van der Waals surface area contributed by atoms with Crippen molar-refractivity contribution >= 4 is 35.8 Å². The molecule has 0 radical (unpaired) electrons. The second-order valence-corrected chi connectivity index (χ2v) is 11.6. The number of carbonyl (C=O) groups excluding carboxylic acids is 6. The number of esters is 6. The van der Waals surface area contributed by atoms with Gasteiger partial charge in [0, 0.05) is 27.7 Å². The van der Waals surface area contributed by atoms with Gasteiger partial charge >= 0.3 is 35.8 Å². The average Bonchev–Trinajstić information content (AvgIpc) is 2.94. The Morgan fingerprint density at radius 3 is 1.20 bits per heavy atom. The van der Waals surface area contributed by atoms with Crippen LogP contribution in [0.2, 0.25) is 0 Å². The maximum atomic E-state index is 12.6. The van der Waals surface area contributed by atoms with E-state index in [2.05, 4.69) is 0 Å². The third-order valence-corrected chi connectivity index (χ3v) is 6.53. The summed E-state index contributed by atoms with van der Waals surface area (Å²) in [5.74, 6) is -9.87. The van der Waals surface area contributed by atoms with Crippen LogP contribution in [0.4, 0.5) is 0 Å². The van der Waals surface area contributed by atoms with Crippen LogP contribution in [0.1, 0.15) is 48.0 Å². The molecule has 0 bridgehead atoms. The van der Waals surface area contributed by atoms with Gasteiger partial charge < -0.3 is 48.1 Å². The fourth-order valence-electron chi connectivity index (χ4n) is 4.16. The van der Waals surface area contributed by atoms with Crippen LogP contribution < -0.4 is 0 Å². The lowest BCUT2D eigenvalue weighted by Crippen LogP contribution is -2.41. The Balaban J connectivity index is 1.35. The number of rotatable bonds is 8. The number of carbonyl (C=O) groups is 6. The Kier molecular flexibility index (Phi) is 10.2. The van der Waals surface area contributed by atoms with E-state index in [1.165, 1.54) is 76.3 Å². The normalized spacial score (nSPS) is 24.4. The van der Waals surface area contributed by atoms with Crippen LogP contribution in [-0.4, -0.2) is 70.2 Å². The standard InChI is InChI=1S/C33H32O16/c1-16(9-13-20-28(38)46-32(3,4)47-29(20)39)7-11-18-24(34)42-22(43-25(18)35)15-23-44-26(36)19(27(37)45-23)12-8-17(2)10-14-21-30(40)48-33(5,6)49-31(21)41/h7-14,22-23,34,36H,15H2,1-6H3/b11-7+,12-8+,16-9+,17-10+. The summed E-state index contributed by atoms with van der Waals surface area (Å²) in [7, 11) is 0. The van der Waals surface area contributed by atoms with Crippen molar-refractivity contribution in [1.82, 2.24) is 0 Å². The monoisotopic (exact) mass is 684 g/mol. The summed E-state index contributed by atoms with van der Waals surface area (Å²) in [6.07, 6.45) is 6.82. The Hall–Kier alpha value is -6.06. The molecule has 0 aromatic carbocycles. The molecule has 2 fully saturated rings. The molecular formula is C33H32O16. The first-order chi connectivity index (χ1) is 22.8. The average molecular weight is 685 g/mol. The van der Waals surface area contributed by atoms with Crippen LogP contribution in [0.5, 0.6) is 0 Å². The second-order valence-electron chi connectivity index (χ2n) is 11.6. The second kappa shape index (κ2) is 14.0.